The number of hydrogen-bond donors (Lipinski definition) is 1. The van der Waals surface area contributed by atoms with Crippen LogP contribution in [0.4, 0.5) is 5.69 Å². The fourth-order valence-corrected chi connectivity index (χ4v) is 4.58. The first-order chi connectivity index (χ1) is 15.8. The highest BCUT2D eigenvalue weighted by Crippen LogP contribution is 2.37. The summed E-state index contributed by atoms with van der Waals surface area (Å²) in [7, 11) is 1.59. The molecule has 1 saturated heterocycles. The number of nitrogens with zero attached hydrogens (tertiary/aromatic N) is 2. The van der Waals surface area contributed by atoms with Crippen molar-refractivity contribution in [1.29, 1.82) is 0 Å². The largest absolute Gasteiger partial charge is 0.497 e. The molecule has 33 heavy (non-hydrogen) atoms. The van der Waals surface area contributed by atoms with Gasteiger partial charge in [-0.15, -0.1) is 0 Å². The number of thioether (sulfide) groups is 1. The molecule has 0 spiro atoms. The fourth-order valence-electron chi connectivity index (χ4n) is 3.00. The van der Waals surface area contributed by atoms with E-state index in [4.69, 9.17) is 14.3 Å². The van der Waals surface area contributed by atoms with Crippen LogP contribution in [-0.2, 0) is 11.3 Å². The maximum Gasteiger partial charge on any atom is 0.335 e. The molecule has 10 heteroatoms. The van der Waals surface area contributed by atoms with Gasteiger partial charge < -0.3 is 14.3 Å². The van der Waals surface area contributed by atoms with Crippen LogP contribution in [0, 0.1) is 0 Å². The number of carboxylic acid groups (broad SMARTS) is 1. The number of ether oxygens (including phenoxy) is 1. The molecule has 0 saturated carbocycles. The van der Waals surface area contributed by atoms with E-state index in [1.807, 2.05) is 0 Å². The Morgan fingerprint density at radius 3 is 2.45 bits per heavy atom. The lowest BCUT2D eigenvalue weighted by atomic mass is 10.1. The third kappa shape index (κ3) is 5.40. The second-order valence-corrected chi connectivity index (χ2v) is 9.45. The molecule has 0 atom stereocenters. The lowest BCUT2D eigenvalue weighted by Gasteiger charge is -2.16. The van der Waals surface area contributed by atoms with Gasteiger partial charge in [0.15, 0.2) is 9.84 Å². The lowest BCUT2D eigenvalue weighted by Crippen LogP contribution is -2.28. The molecule has 4 rings (SSSR count). The summed E-state index contributed by atoms with van der Waals surface area (Å²) in [4.78, 5) is 31.1. The Kier molecular flexibility index (Phi) is 7.06. The molecule has 3 aromatic rings. The van der Waals surface area contributed by atoms with E-state index in [0.717, 1.165) is 10.0 Å². The Balaban J connectivity index is 1.67. The molecule has 1 aliphatic heterocycles. The summed E-state index contributed by atoms with van der Waals surface area (Å²) in [6, 6.07) is 15.4. The monoisotopic (exact) mass is 590 g/mol. The van der Waals surface area contributed by atoms with Crippen LogP contribution in [0.15, 0.2) is 78.1 Å². The van der Waals surface area contributed by atoms with E-state index >= 15 is 0 Å². The molecule has 1 aromatic heterocycles. The molecule has 7 nitrogen and oxygen atoms in total. The Bertz CT molecular complexity index is 1250. The number of carboxylic acids is 1. The summed E-state index contributed by atoms with van der Waals surface area (Å²) in [6.45, 7) is 0.240. The van der Waals surface area contributed by atoms with E-state index in [-0.39, 0.29) is 18.0 Å². The van der Waals surface area contributed by atoms with Gasteiger partial charge in [0, 0.05) is 6.08 Å². The predicted octanol–water partition coefficient (Wildman–Crippen LogP) is 6.32. The Morgan fingerprint density at radius 1 is 1.18 bits per heavy atom. The Morgan fingerprint density at radius 2 is 1.88 bits per heavy atom. The minimum Gasteiger partial charge on any atom is -0.497 e. The van der Waals surface area contributed by atoms with Crippen molar-refractivity contribution in [2.75, 3.05) is 7.11 Å². The third-order valence-corrected chi connectivity index (χ3v) is 7.38. The summed E-state index contributed by atoms with van der Waals surface area (Å²) in [5.41, 5.74) is 1.63. The normalized spacial score (nSPS) is 16.1. The number of amides is 1. The number of hydrogen-bond acceptors (Lipinski definition) is 6. The zero-order valence-corrected chi connectivity index (χ0v) is 21.1. The molecule has 2 heterocycles. The number of amidine groups is 1. The number of furan rings is 1. The molecule has 0 bridgehead atoms. The van der Waals surface area contributed by atoms with E-state index in [1.165, 1.54) is 23.9 Å². The highest BCUT2D eigenvalue weighted by Gasteiger charge is 2.34. The standard InChI is InChI=1S/C23H16Br2N2O5S/c1-31-16-8-6-15(7-9-16)26-23-27(12-13-2-4-14(5-3-13)22(29)30)21(28)19(33-23)11-17-10-18(24)20(25)32-17/h2-11H,12H2,1H3,(H,29,30)/b19-11-,26-23?. The van der Waals surface area contributed by atoms with Gasteiger partial charge in [0.25, 0.3) is 5.91 Å². The number of aliphatic imine (C=N–C) groups is 1. The lowest BCUT2D eigenvalue weighted by molar-refractivity contribution is -0.122. The van der Waals surface area contributed by atoms with Crippen LogP contribution in [0.2, 0.25) is 0 Å². The molecule has 0 unspecified atom stereocenters. The van der Waals surface area contributed by atoms with Crippen molar-refractivity contribution in [1.82, 2.24) is 4.90 Å². The summed E-state index contributed by atoms with van der Waals surface area (Å²) in [6.07, 6.45) is 1.67. The molecule has 0 radical (unpaired) electrons. The van der Waals surface area contributed by atoms with Crippen LogP contribution in [-0.4, -0.2) is 34.2 Å². The van der Waals surface area contributed by atoms with Crippen molar-refractivity contribution in [2.45, 2.75) is 6.54 Å². The van der Waals surface area contributed by atoms with Crippen LogP contribution < -0.4 is 4.74 Å². The predicted molar refractivity (Wildman–Crippen MR) is 134 cm³/mol. The number of carbonyl (C=O) groups is 2. The van der Waals surface area contributed by atoms with E-state index in [9.17, 15) is 9.59 Å². The summed E-state index contributed by atoms with van der Waals surface area (Å²) < 4.78 is 12.1. The van der Waals surface area contributed by atoms with Gasteiger partial charge in [-0.05, 0) is 91.6 Å². The van der Waals surface area contributed by atoms with Crippen molar-refractivity contribution in [3.8, 4) is 5.75 Å². The van der Waals surface area contributed by atoms with Gasteiger partial charge in [0.05, 0.1) is 34.3 Å². The zero-order valence-electron chi connectivity index (χ0n) is 17.1. The molecular formula is C23H16Br2N2O5S. The average molecular weight is 592 g/mol. The number of carbonyl (C=O) groups excluding carboxylic acids is 1. The summed E-state index contributed by atoms with van der Waals surface area (Å²) in [5.74, 6) is -0.00425. The average Bonchev–Trinajstić information content (AvgIpc) is 3.27. The molecule has 2 aromatic carbocycles. The molecule has 1 N–H and O–H groups in total. The number of halogens is 2. The van der Waals surface area contributed by atoms with Gasteiger partial charge in [-0.2, -0.15) is 0 Å². The zero-order chi connectivity index (χ0) is 23.5. The van der Waals surface area contributed by atoms with Gasteiger partial charge in [-0.1, -0.05) is 12.1 Å². The first-order valence-electron chi connectivity index (χ1n) is 9.55. The maximum absolute atomic E-state index is 13.3. The summed E-state index contributed by atoms with van der Waals surface area (Å²) >= 11 is 7.91. The number of benzene rings is 2. The van der Waals surface area contributed by atoms with E-state index in [0.29, 0.717) is 31.9 Å². The molecule has 0 aliphatic carbocycles. The van der Waals surface area contributed by atoms with E-state index in [2.05, 4.69) is 36.9 Å². The topological polar surface area (TPSA) is 92.3 Å². The van der Waals surface area contributed by atoms with Crippen LogP contribution in [0.1, 0.15) is 21.7 Å². The first kappa shape index (κ1) is 23.3. The second-order valence-electron chi connectivity index (χ2n) is 6.87. The minimum atomic E-state index is -1.00. The molecule has 1 amide bonds. The second kappa shape index (κ2) is 9.98. The molecular weight excluding hydrogens is 576 g/mol. The van der Waals surface area contributed by atoms with Gasteiger partial charge in [-0.25, -0.2) is 9.79 Å². The maximum atomic E-state index is 13.3. The fraction of sp³-hybridized carbons (Fsp3) is 0.0870. The molecule has 1 fully saturated rings. The van der Waals surface area contributed by atoms with Gasteiger partial charge in [0.1, 0.15) is 11.5 Å². The highest BCUT2D eigenvalue weighted by atomic mass is 79.9. The smallest absolute Gasteiger partial charge is 0.335 e. The SMILES string of the molecule is COc1ccc(N=C2S/C(=C\c3cc(Br)c(Br)o3)C(=O)N2Cc2ccc(C(=O)O)cc2)cc1. The quantitative estimate of drug-likeness (QED) is 0.337. The van der Waals surface area contributed by atoms with Crippen LogP contribution in [0.5, 0.6) is 5.75 Å². The Hall–Kier alpha value is -2.82. The van der Waals surface area contributed by atoms with Gasteiger partial charge in [0.2, 0.25) is 0 Å². The minimum absolute atomic E-state index is 0.183. The van der Waals surface area contributed by atoms with Gasteiger partial charge in [-0.3, -0.25) is 9.69 Å². The molecule has 1 aliphatic rings. The van der Waals surface area contributed by atoms with Crippen LogP contribution in [0.3, 0.4) is 0 Å². The summed E-state index contributed by atoms with van der Waals surface area (Å²) in [5, 5.41) is 9.63. The Labute approximate surface area is 210 Å². The van der Waals surface area contributed by atoms with Crippen molar-refractivity contribution >= 4 is 72.4 Å². The number of methoxy groups -OCH3 is 1. The third-order valence-electron chi connectivity index (χ3n) is 4.66. The van der Waals surface area contributed by atoms with Crippen LogP contribution >= 0.6 is 43.6 Å². The van der Waals surface area contributed by atoms with Crippen LogP contribution in [0.25, 0.3) is 6.08 Å². The van der Waals surface area contributed by atoms with Crippen molar-refractivity contribution < 1.29 is 23.8 Å². The highest BCUT2D eigenvalue weighted by molar-refractivity contribution is 9.13. The van der Waals surface area contributed by atoms with Gasteiger partial charge >= 0.3 is 5.97 Å². The van der Waals surface area contributed by atoms with Crippen molar-refractivity contribution in [2.24, 2.45) is 4.99 Å². The van der Waals surface area contributed by atoms with Crippen molar-refractivity contribution in [3.63, 3.8) is 0 Å². The first-order valence-corrected chi connectivity index (χ1v) is 12.0. The number of aromatic carboxylic acids is 1. The van der Waals surface area contributed by atoms with Crippen molar-refractivity contribution in [3.05, 3.63) is 85.5 Å². The number of rotatable bonds is 6. The molecule has 168 valence electrons. The van der Waals surface area contributed by atoms with E-state index in [1.54, 1.807) is 60.6 Å². The van der Waals surface area contributed by atoms with E-state index < -0.39 is 5.97 Å².